The molecule has 2 atom stereocenters. The molecule has 17 heavy (non-hydrogen) atoms. The number of rotatable bonds is 4. The second-order valence-electron chi connectivity index (χ2n) is 5.44. The van der Waals surface area contributed by atoms with Crippen LogP contribution < -0.4 is 0 Å². The molecule has 0 aliphatic rings. The summed E-state index contributed by atoms with van der Waals surface area (Å²) < 4.78 is 0. The van der Waals surface area contributed by atoms with E-state index in [0.717, 1.165) is 0 Å². The number of carbonyl (C=O) groups excluding carboxylic acids is 1. The van der Waals surface area contributed by atoms with Gasteiger partial charge in [0.15, 0.2) is 5.78 Å². The zero-order valence-electron chi connectivity index (χ0n) is 10.9. The summed E-state index contributed by atoms with van der Waals surface area (Å²) in [6.07, 6.45) is 0. The quantitative estimate of drug-likeness (QED) is 0.620. The first-order valence-electron chi connectivity index (χ1n) is 5.83. The van der Waals surface area contributed by atoms with E-state index >= 15 is 0 Å². The van der Waals surface area contributed by atoms with E-state index in [0.29, 0.717) is 5.56 Å². The summed E-state index contributed by atoms with van der Waals surface area (Å²) >= 11 is 0. The average Bonchev–Trinajstić information content (AvgIpc) is 2.28. The molecular formula is C14H20N2O. The van der Waals surface area contributed by atoms with Gasteiger partial charge in [0, 0.05) is 5.56 Å². The predicted octanol–water partition coefficient (Wildman–Crippen LogP) is 3.95. The molecule has 3 nitrogen and oxygen atoms in total. The number of carbonyl (C=O) groups is 1. The molecule has 0 saturated heterocycles. The van der Waals surface area contributed by atoms with E-state index in [4.69, 9.17) is 5.53 Å². The highest BCUT2D eigenvalue weighted by Gasteiger charge is 2.36. The molecule has 0 aliphatic heterocycles. The minimum absolute atomic E-state index is 0.0709. The molecular weight excluding hydrogens is 212 g/mol. The molecule has 0 spiro atoms. The number of ketones is 1. The Kier molecular flexibility index (Phi) is 4.16. The first-order chi connectivity index (χ1) is 7.88. The fourth-order valence-electron chi connectivity index (χ4n) is 2.19. The molecule has 1 N–H and O–H groups in total. The van der Waals surface area contributed by atoms with Crippen LogP contribution in [-0.2, 0) is 0 Å². The average molecular weight is 232 g/mol. The highest BCUT2D eigenvalue weighted by atomic mass is 16.1. The lowest BCUT2D eigenvalue weighted by molar-refractivity contribution is 0.0782. The number of hydrogen-bond donors (Lipinski definition) is 1. The maximum Gasteiger partial charge on any atom is 0.168 e. The number of nitrogens with one attached hydrogen (secondary N) is 1. The molecule has 0 saturated carbocycles. The lowest BCUT2D eigenvalue weighted by atomic mass is 9.73. The van der Waals surface area contributed by atoms with Crippen LogP contribution in [-0.4, -0.2) is 11.8 Å². The Morgan fingerprint density at radius 1 is 1.24 bits per heavy atom. The van der Waals surface area contributed by atoms with Crippen molar-refractivity contribution in [3.63, 3.8) is 0 Å². The Bertz CT molecular complexity index is 392. The first kappa shape index (κ1) is 13.6. The van der Waals surface area contributed by atoms with Gasteiger partial charge in [0.2, 0.25) is 0 Å². The summed E-state index contributed by atoms with van der Waals surface area (Å²) in [5, 5.41) is 3.53. The minimum Gasteiger partial charge on any atom is -0.294 e. The van der Waals surface area contributed by atoms with Crippen molar-refractivity contribution in [3.05, 3.63) is 35.9 Å². The fourth-order valence-corrected chi connectivity index (χ4v) is 2.19. The van der Waals surface area contributed by atoms with E-state index in [1.54, 1.807) is 0 Å². The zero-order chi connectivity index (χ0) is 13.1. The van der Waals surface area contributed by atoms with Gasteiger partial charge in [-0.1, -0.05) is 51.1 Å². The summed E-state index contributed by atoms with van der Waals surface area (Å²) in [4.78, 5) is 12.4. The van der Waals surface area contributed by atoms with E-state index in [1.165, 1.54) is 0 Å². The highest BCUT2D eigenvalue weighted by Crippen LogP contribution is 2.33. The third-order valence-corrected chi connectivity index (χ3v) is 2.96. The molecule has 0 radical (unpaired) electrons. The minimum atomic E-state index is -0.289. The Labute approximate surface area is 103 Å². The molecule has 0 bridgehead atoms. The van der Waals surface area contributed by atoms with Crippen molar-refractivity contribution in [2.75, 3.05) is 0 Å². The Balaban J connectivity index is 3.08. The van der Waals surface area contributed by atoms with Gasteiger partial charge in [-0.05, 0) is 12.3 Å². The molecule has 1 aromatic rings. The van der Waals surface area contributed by atoms with Crippen molar-refractivity contribution in [1.82, 2.24) is 0 Å². The maximum absolute atomic E-state index is 12.4. The normalized spacial score (nSPS) is 15.1. The number of benzene rings is 1. The molecule has 0 aliphatic carbocycles. The Morgan fingerprint density at radius 3 is 2.18 bits per heavy atom. The van der Waals surface area contributed by atoms with E-state index in [-0.39, 0.29) is 23.2 Å². The van der Waals surface area contributed by atoms with Gasteiger partial charge in [-0.25, -0.2) is 5.53 Å². The smallest absolute Gasteiger partial charge is 0.168 e. The molecule has 3 heteroatoms. The third-order valence-electron chi connectivity index (χ3n) is 2.96. The highest BCUT2D eigenvalue weighted by molar-refractivity contribution is 5.98. The van der Waals surface area contributed by atoms with Crippen LogP contribution in [0.1, 0.15) is 38.1 Å². The topological polar surface area (TPSA) is 53.3 Å². The summed E-state index contributed by atoms with van der Waals surface area (Å²) in [5.74, 6) is -0.191. The van der Waals surface area contributed by atoms with Crippen LogP contribution in [0.5, 0.6) is 0 Å². The van der Waals surface area contributed by atoms with Gasteiger partial charge in [-0.2, -0.15) is 5.11 Å². The van der Waals surface area contributed by atoms with Gasteiger partial charge in [0.25, 0.3) is 0 Å². The van der Waals surface area contributed by atoms with Crippen molar-refractivity contribution in [1.29, 1.82) is 5.53 Å². The monoisotopic (exact) mass is 232 g/mol. The fraction of sp³-hybridized carbons (Fsp3) is 0.500. The second-order valence-corrected chi connectivity index (χ2v) is 5.44. The molecule has 0 aromatic heterocycles. The van der Waals surface area contributed by atoms with E-state index in [9.17, 15) is 4.79 Å². The molecule has 0 fully saturated rings. The van der Waals surface area contributed by atoms with Crippen molar-refractivity contribution < 1.29 is 4.79 Å². The van der Waals surface area contributed by atoms with Gasteiger partial charge in [0.1, 0.15) is 0 Å². The van der Waals surface area contributed by atoms with Crippen LogP contribution in [0, 0.1) is 16.9 Å². The molecule has 92 valence electrons. The van der Waals surface area contributed by atoms with Gasteiger partial charge in [-0.3, -0.25) is 4.79 Å². The summed E-state index contributed by atoms with van der Waals surface area (Å²) in [6.45, 7) is 7.87. The third kappa shape index (κ3) is 3.22. The lowest BCUT2D eigenvalue weighted by Gasteiger charge is -2.31. The lowest BCUT2D eigenvalue weighted by Crippen LogP contribution is -2.36. The predicted molar refractivity (Wildman–Crippen MR) is 68.3 cm³/mol. The second kappa shape index (κ2) is 5.21. The summed E-state index contributed by atoms with van der Waals surface area (Å²) in [7, 11) is 0. The van der Waals surface area contributed by atoms with Crippen LogP contribution in [0.15, 0.2) is 35.4 Å². The maximum atomic E-state index is 12.4. The zero-order valence-corrected chi connectivity index (χ0v) is 10.9. The van der Waals surface area contributed by atoms with Gasteiger partial charge in [0.05, 0.1) is 12.0 Å². The summed E-state index contributed by atoms with van der Waals surface area (Å²) in [5.41, 5.74) is 7.65. The van der Waals surface area contributed by atoms with Crippen molar-refractivity contribution in [2.45, 2.75) is 33.7 Å². The SMILES string of the molecule is CC(N=N)C(C(=O)c1ccccc1)C(C)(C)C. The van der Waals surface area contributed by atoms with Crippen LogP contribution in [0.4, 0.5) is 0 Å². The number of Topliss-reactive ketones (excluding diaryl/α,β-unsaturated/α-hetero) is 1. The van der Waals surface area contributed by atoms with E-state index < -0.39 is 0 Å². The Hall–Kier alpha value is -1.51. The van der Waals surface area contributed by atoms with Crippen LogP contribution in [0.2, 0.25) is 0 Å². The van der Waals surface area contributed by atoms with Crippen molar-refractivity contribution in [3.8, 4) is 0 Å². The molecule has 0 heterocycles. The number of nitrogens with zero attached hydrogens (tertiary/aromatic N) is 1. The first-order valence-corrected chi connectivity index (χ1v) is 5.83. The van der Waals surface area contributed by atoms with E-state index in [1.807, 2.05) is 58.0 Å². The van der Waals surface area contributed by atoms with Crippen LogP contribution in [0.25, 0.3) is 0 Å². The standard InChI is InChI=1S/C14H20N2O/c1-10(16-15)12(14(2,3)4)13(17)11-8-6-5-7-9-11/h5-10,12,15H,1-4H3. The molecule has 1 aromatic carbocycles. The summed E-state index contributed by atoms with van der Waals surface area (Å²) in [6, 6.07) is 8.95. The molecule has 1 rings (SSSR count). The van der Waals surface area contributed by atoms with Gasteiger partial charge < -0.3 is 0 Å². The van der Waals surface area contributed by atoms with Crippen LogP contribution >= 0.6 is 0 Å². The number of hydrogen-bond acceptors (Lipinski definition) is 3. The molecule has 2 unspecified atom stereocenters. The van der Waals surface area contributed by atoms with E-state index in [2.05, 4.69) is 5.11 Å². The molecule has 0 amide bonds. The Morgan fingerprint density at radius 2 is 1.76 bits per heavy atom. The van der Waals surface area contributed by atoms with Gasteiger partial charge in [-0.15, -0.1) is 0 Å². The van der Waals surface area contributed by atoms with Crippen molar-refractivity contribution in [2.24, 2.45) is 16.4 Å². The van der Waals surface area contributed by atoms with Gasteiger partial charge >= 0.3 is 0 Å². The van der Waals surface area contributed by atoms with Crippen LogP contribution in [0.3, 0.4) is 0 Å². The largest absolute Gasteiger partial charge is 0.294 e. The van der Waals surface area contributed by atoms with Crippen molar-refractivity contribution >= 4 is 5.78 Å².